The summed E-state index contributed by atoms with van der Waals surface area (Å²) in [6.45, 7) is 3.61. The summed E-state index contributed by atoms with van der Waals surface area (Å²) in [6.07, 6.45) is 0. The molecule has 0 saturated heterocycles. The third-order valence-corrected chi connectivity index (χ3v) is 6.25. The molecule has 0 aliphatic rings. The lowest BCUT2D eigenvalue weighted by Gasteiger charge is -2.11. The first kappa shape index (κ1) is 23.1. The zero-order chi connectivity index (χ0) is 23.5. The fourth-order valence-corrected chi connectivity index (χ4v) is 3.76. The number of ketones is 1. The fraction of sp³-hybridized carbons (Fsp3) is 0.120. The molecule has 8 heteroatoms. The maximum absolute atomic E-state index is 12.7. The van der Waals surface area contributed by atoms with Crippen molar-refractivity contribution in [3.05, 3.63) is 98.2 Å². The molecule has 0 unspecified atom stereocenters. The monoisotopic (exact) mass is 567 g/mol. The number of aromatic nitrogens is 3. The third-order valence-electron chi connectivity index (χ3n) is 5.20. The standard InChI is InChI=1S/C25H19Br2N3O3/c1-15-4-3-5-21(16(15)2)30-24(18-8-12-20(27)13-9-18)28-23(29-30)25(32)33-14-22(31)17-6-10-19(26)11-7-17/h3-13H,14H2,1-2H3. The van der Waals surface area contributed by atoms with E-state index in [1.165, 1.54) is 0 Å². The Balaban J connectivity index is 1.65. The van der Waals surface area contributed by atoms with E-state index >= 15 is 0 Å². The van der Waals surface area contributed by atoms with E-state index in [0.29, 0.717) is 11.4 Å². The second-order valence-electron chi connectivity index (χ2n) is 7.40. The van der Waals surface area contributed by atoms with E-state index < -0.39 is 12.6 Å². The number of nitrogens with zero attached hydrogens (tertiary/aromatic N) is 3. The second kappa shape index (κ2) is 9.80. The summed E-state index contributed by atoms with van der Waals surface area (Å²) < 4.78 is 8.66. The van der Waals surface area contributed by atoms with Gasteiger partial charge in [0, 0.05) is 20.1 Å². The number of rotatable bonds is 6. The van der Waals surface area contributed by atoms with Gasteiger partial charge in [0.05, 0.1) is 5.69 Å². The Morgan fingerprint density at radius 2 is 1.55 bits per heavy atom. The lowest BCUT2D eigenvalue weighted by molar-refractivity contribution is 0.0462. The first-order valence-corrected chi connectivity index (χ1v) is 11.7. The number of benzene rings is 3. The maximum atomic E-state index is 12.7. The summed E-state index contributed by atoms with van der Waals surface area (Å²) >= 11 is 6.77. The van der Waals surface area contributed by atoms with Gasteiger partial charge in [0.25, 0.3) is 5.82 Å². The van der Waals surface area contributed by atoms with Gasteiger partial charge in [-0.3, -0.25) is 4.79 Å². The first-order valence-electron chi connectivity index (χ1n) is 10.1. The van der Waals surface area contributed by atoms with Crippen molar-refractivity contribution in [3.63, 3.8) is 0 Å². The van der Waals surface area contributed by atoms with Crippen LogP contribution in [0.5, 0.6) is 0 Å². The third kappa shape index (κ3) is 5.12. The number of carbonyl (C=O) groups excluding carboxylic acids is 2. The van der Waals surface area contributed by atoms with Crippen molar-refractivity contribution in [1.82, 2.24) is 14.8 Å². The molecule has 0 saturated carbocycles. The molecule has 0 aliphatic carbocycles. The van der Waals surface area contributed by atoms with E-state index in [1.54, 1.807) is 28.9 Å². The molecule has 0 N–H and O–H groups in total. The minimum Gasteiger partial charge on any atom is -0.451 e. The molecule has 166 valence electrons. The van der Waals surface area contributed by atoms with Gasteiger partial charge in [-0.25, -0.2) is 14.5 Å². The van der Waals surface area contributed by atoms with Crippen LogP contribution >= 0.6 is 31.9 Å². The van der Waals surface area contributed by atoms with Gasteiger partial charge in [-0.2, -0.15) is 0 Å². The van der Waals surface area contributed by atoms with Gasteiger partial charge in [0.2, 0.25) is 0 Å². The molecule has 1 heterocycles. The Hall–Kier alpha value is -3.10. The number of esters is 1. The van der Waals surface area contributed by atoms with Gasteiger partial charge in [0.15, 0.2) is 18.2 Å². The zero-order valence-corrected chi connectivity index (χ0v) is 21.1. The van der Waals surface area contributed by atoms with E-state index in [1.807, 2.05) is 56.3 Å². The van der Waals surface area contributed by atoms with Crippen LogP contribution < -0.4 is 0 Å². The Bertz CT molecular complexity index is 1330. The number of carbonyl (C=O) groups is 2. The Morgan fingerprint density at radius 3 is 2.21 bits per heavy atom. The highest BCUT2D eigenvalue weighted by Crippen LogP contribution is 2.26. The quantitative estimate of drug-likeness (QED) is 0.207. The lowest BCUT2D eigenvalue weighted by Crippen LogP contribution is -2.15. The highest BCUT2D eigenvalue weighted by molar-refractivity contribution is 9.10. The van der Waals surface area contributed by atoms with Gasteiger partial charge < -0.3 is 4.74 Å². The summed E-state index contributed by atoms with van der Waals surface area (Å²) in [5, 5.41) is 4.45. The molecule has 6 nitrogen and oxygen atoms in total. The fourth-order valence-electron chi connectivity index (χ4n) is 3.23. The highest BCUT2D eigenvalue weighted by atomic mass is 79.9. The lowest BCUT2D eigenvalue weighted by atomic mass is 10.1. The van der Waals surface area contributed by atoms with Crippen LogP contribution in [-0.2, 0) is 4.74 Å². The SMILES string of the molecule is Cc1cccc(-n2nc(C(=O)OCC(=O)c3ccc(Br)cc3)nc2-c2ccc(Br)cc2)c1C. The number of Topliss-reactive ketones (excluding diaryl/α,β-unsaturated/α-hetero) is 1. The van der Waals surface area contributed by atoms with Gasteiger partial charge in [-0.15, -0.1) is 5.10 Å². The summed E-state index contributed by atoms with van der Waals surface area (Å²) in [5.74, 6) is -0.680. The molecule has 0 bridgehead atoms. The van der Waals surface area contributed by atoms with Crippen molar-refractivity contribution in [2.45, 2.75) is 13.8 Å². The van der Waals surface area contributed by atoms with Gasteiger partial charge >= 0.3 is 5.97 Å². The van der Waals surface area contributed by atoms with Crippen molar-refractivity contribution >= 4 is 43.6 Å². The van der Waals surface area contributed by atoms with Crippen LogP contribution in [0.25, 0.3) is 17.1 Å². The van der Waals surface area contributed by atoms with Crippen LogP contribution in [0, 0.1) is 13.8 Å². The minimum absolute atomic E-state index is 0.113. The molecular weight excluding hydrogens is 550 g/mol. The average molecular weight is 569 g/mol. The number of hydrogen-bond donors (Lipinski definition) is 0. The molecule has 4 aromatic rings. The Morgan fingerprint density at radius 1 is 0.909 bits per heavy atom. The van der Waals surface area contributed by atoms with Crippen LogP contribution in [0.15, 0.2) is 75.7 Å². The summed E-state index contributed by atoms with van der Waals surface area (Å²) in [4.78, 5) is 29.6. The average Bonchev–Trinajstić information content (AvgIpc) is 3.25. The molecule has 0 radical (unpaired) electrons. The molecule has 0 amide bonds. The maximum Gasteiger partial charge on any atom is 0.378 e. The van der Waals surface area contributed by atoms with Gasteiger partial charge in [-0.1, -0.05) is 68.3 Å². The molecule has 0 atom stereocenters. The molecular formula is C25H19Br2N3O3. The number of hydrogen-bond acceptors (Lipinski definition) is 5. The Kier molecular flexibility index (Phi) is 6.85. The Labute approximate surface area is 207 Å². The minimum atomic E-state index is -0.761. The predicted octanol–water partition coefficient (Wildman–Crippen LogP) is 6.12. The van der Waals surface area contributed by atoms with Crippen LogP contribution in [0.2, 0.25) is 0 Å². The topological polar surface area (TPSA) is 74.1 Å². The van der Waals surface area contributed by atoms with Crippen molar-refractivity contribution in [3.8, 4) is 17.1 Å². The van der Waals surface area contributed by atoms with Crippen LogP contribution in [0.3, 0.4) is 0 Å². The summed E-state index contributed by atoms with van der Waals surface area (Å²) in [7, 11) is 0. The van der Waals surface area contributed by atoms with E-state index in [9.17, 15) is 9.59 Å². The number of halogens is 2. The summed E-state index contributed by atoms with van der Waals surface area (Å²) in [6, 6.07) is 20.3. The van der Waals surface area contributed by atoms with Crippen molar-refractivity contribution in [2.75, 3.05) is 6.61 Å². The van der Waals surface area contributed by atoms with E-state index in [-0.39, 0.29) is 11.6 Å². The zero-order valence-electron chi connectivity index (χ0n) is 17.9. The van der Waals surface area contributed by atoms with Gasteiger partial charge in [0.1, 0.15) is 0 Å². The van der Waals surface area contributed by atoms with Crippen molar-refractivity contribution in [2.24, 2.45) is 0 Å². The largest absolute Gasteiger partial charge is 0.451 e. The van der Waals surface area contributed by atoms with Gasteiger partial charge in [-0.05, 0) is 55.3 Å². The highest BCUT2D eigenvalue weighted by Gasteiger charge is 2.22. The normalized spacial score (nSPS) is 10.8. The predicted molar refractivity (Wildman–Crippen MR) is 133 cm³/mol. The van der Waals surface area contributed by atoms with Crippen LogP contribution in [-0.4, -0.2) is 33.1 Å². The van der Waals surface area contributed by atoms with E-state index in [4.69, 9.17) is 4.74 Å². The molecule has 4 rings (SSSR count). The van der Waals surface area contributed by atoms with E-state index in [2.05, 4.69) is 41.9 Å². The smallest absolute Gasteiger partial charge is 0.378 e. The van der Waals surface area contributed by atoms with Crippen LogP contribution in [0.1, 0.15) is 32.1 Å². The second-order valence-corrected chi connectivity index (χ2v) is 9.23. The molecule has 1 aromatic heterocycles. The van der Waals surface area contributed by atoms with Crippen LogP contribution in [0.4, 0.5) is 0 Å². The van der Waals surface area contributed by atoms with E-state index in [0.717, 1.165) is 31.3 Å². The summed E-state index contributed by atoms with van der Waals surface area (Å²) in [5.41, 5.74) is 4.16. The molecule has 0 fully saturated rings. The van der Waals surface area contributed by atoms with Crippen molar-refractivity contribution in [1.29, 1.82) is 0 Å². The number of ether oxygens (including phenoxy) is 1. The molecule has 0 spiro atoms. The molecule has 33 heavy (non-hydrogen) atoms. The molecule has 3 aromatic carbocycles. The van der Waals surface area contributed by atoms with Crippen molar-refractivity contribution < 1.29 is 14.3 Å². The molecule has 0 aliphatic heterocycles. The number of aryl methyl sites for hydroxylation is 1. The first-order chi connectivity index (χ1) is 15.8.